The molecule has 0 unspecified atom stereocenters. The van der Waals surface area contributed by atoms with Gasteiger partial charge in [0.2, 0.25) is 0 Å². The van der Waals surface area contributed by atoms with Crippen LogP contribution in [0.1, 0.15) is 32.6 Å². The highest BCUT2D eigenvalue weighted by atomic mass is 16.3. The molecule has 72 valence electrons. The Kier molecular flexibility index (Phi) is 8.46. The van der Waals surface area contributed by atoms with E-state index in [9.17, 15) is 5.11 Å². The van der Waals surface area contributed by atoms with Gasteiger partial charge in [0, 0.05) is 0 Å². The van der Waals surface area contributed by atoms with E-state index in [1.807, 2.05) is 0 Å². The molecule has 0 saturated carbocycles. The summed E-state index contributed by atoms with van der Waals surface area (Å²) in [6, 6.07) is 0. The first-order valence-corrected chi connectivity index (χ1v) is 4.58. The van der Waals surface area contributed by atoms with Crippen LogP contribution in [0.25, 0.3) is 0 Å². The molecule has 0 fully saturated rings. The Bertz CT molecular complexity index is 224. The van der Waals surface area contributed by atoms with Crippen LogP contribution in [0.3, 0.4) is 0 Å². The number of aliphatic hydroxyl groups is 2. The van der Waals surface area contributed by atoms with Crippen molar-refractivity contribution in [2.45, 2.75) is 38.7 Å². The van der Waals surface area contributed by atoms with Crippen LogP contribution < -0.4 is 0 Å². The Labute approximate surface area is 80.0 Å². The van der Waals surface area contributed by atoms with E-state index in [1.165, 1.54) is 0 Å². The molecule has 0 heterocycles. The lowest BCUT2D eigenvalue weighted by Crippen LogP contribution is -2.01. The Morgan fingerprint density at radius 1 is 1.23 bits per heavy atom. The number of rotatable bonds is 4. The molecule has 13 heavy (non-hydrogen) atoms. The molecule has 2 heteroatoms. The Morgan fingerprint density at radius 2 is 2.00 bits per heavy atom. The van der Waals surface area contributed by atoms with E-state index >= 15 is 0 Å². The highest BCUT2D eigenvalue weighted by Gasteiger charge is 1.96. The summed E-state index contributed by atoms with van der Waals surface area (Å²) in [6.07, 6.45) is 3.41. The maximum Gasteiger partial charge on any atom is 0.115 e. The molecule has 0 aromatic rings. The molecule has 0 aliphatic heterocycles. The fourth-order valence-corrected chi connectivity index (χ4v) is 0.863. The van der Waals surface area contributed by atoms with Crippen LogP contribution in [0.15, 0.2) is 0 Å². The van der Waals surface area contributed by atoms with E-state index in [-0.39, 0.29) is 6.61 Å². The molecular weight excluding hydrogens is 164 g/mol. The zero-order valence-corrected chi connectivity index (χ0v) is 8.01. The van der Waals surface area contributed by atoms with Crippen molar-refractivity contribution in [1.82, 2.24) is 0 Å². The van der Waals surface area contributed by atoms with Gasteiger partial charge in [-0.1, -0.05) is 31.6 Å². The van der Waals surface area contributed by atoms with Gasteiger partial charge in [0.1, 0.15) is 12.7 Å². The third-order valence-electron chi connectivity index (χ3n) is 1.55. The minimum Gasteiger partial charge on any atom is -0.384 e. The Hall–Kier alpha value is -0.960. The molecule has 2 nitrogen and oxygen atoms in total. The van der Waals surface area contributed by atoms with Crippen LogP contribution in [0.2, 0.25) is 0 Å². The number of hydrogen-bond donors (Lipinski definition) is 2. The van der Waals surface area contributed by atoms with Crippen molar-refractivity contribution >= 4 is 0 Å². The first-order chi connectivity index (χ1) is 6.31. The molecule has 1 atom stereocenters. The summed E-state index contributed by atoms with van der Waals surface area (Å²) in [5.74, 6) is 9.92. The molecule has 0 spiro atoms. The number of unbranched alkanes of at least 4 members (excludes halogenated alkanes) is 2. The van der Waals surface area contributed by atoms with Gasteiger partial charge in [-0.25, -0.2) is 0 Å². The smallest absolute Gasteiger partial charge is 0.115 e. The van der Waals surface area contributed by atoms with Crippen LogP contribution in [-0.4, -0.2) is 22.9 Å². The lowest BCUT2D eigenvalue weighted by atomic mass is 10.1. The van der Waals surface area contributed by atoms with Gasteiger partial charge in [-0.3, -0.25) is 0 Å². The van der Waals surface area contributed by atoms with Gasteiger partial charge in [0.05, 0.1) is 0 Å². The first-order valence-electron chi connectivity index (χ1n) is 4.58. The fourth-order valence-electron chi connectivity index (χ4n) is 0.863. The van der Waals surface area contributed by atoms with Crippen molar-refractivity contribution in [3.63, 3.8) is 0 Å². The van der Waals surface area contributed by atoms with Gasteiger partial charge in [0.15, 0.2) is 0 Å². The first kappa shape index (κ1) is 12.0. The third-order valence-corrected chi connectivity index (χ3v) is 1.55. The van der Waals surface area contributed by atoms with Crippen LogP contribution >= 0.6 is 0 Å². The second-order valence-corrected chi connectivity index (χ2v) is 2.74. The number of hydrogen-bond acceptors (Lipinski definition) is 2. The summed E-state index contributed by atoms with van der Waals surface area (Å²) >= 11 is 0. The lowest BCUT2D eigenvalue weighted by Gasteiger charge is -2.00. The SMILES string of the molecule is CCCCC[C@H](O)C#CC#CCO. The van der Waals surface area contributed by atoms with E-state index < -0.39 is 6.10 Å². The summed E-state index contributed by atoms with van der Waals surface area (Å²) in [7, 11) is 0. The molecule has 0 amide bonds. The number of aliphatic hydroxyl groups excluding tert-OH is 2. The second kappa shape index (κ2) is 9.13. The molecule has 0 aliphatic rings. The summed E-state index contributed by atoms with van der Waals surface area (Å²) in [6.45, 7) is 1.94. The maximum atomic E-state index is 9.27. The van der Waals surface area contributed by atoms with Gasteiger partial charge in [-0.2, -0.15) is 0 Å². The largest absolute Gasteiger partial charge is 0.384 e. The molecule has 0 saturated heterocycles. The van der Waals surface area contributed by atoms with Crippen molar-refractivity contribution in [2.75, 3.05) is 6.61 Å². The van der Waals surface area contributed by atoms with E-state index in [2.05, 4.69) is 30.6 Å². The van der Waals surface area contributed by atoms with Crippen molar-refractivity contribution < 1.29 is 10.2 Å². The molecule has 0 aromatic heterocycles. The van der Waals surface area contributed by atoms with Gasteiger partial charge in [0.25, 0.3) is 0 Å². The van der Waals surface area contributed by atoms with Crippen molar-refractivity contribution in [2.24, 2.45) is 0 Å². The van der Waals surface area contributed by atoms with Crippen LogP contribution in [-0.2, 0) is 0 Å². The van der Waals surface area contributed by atoms with Crippen LogP contribution in [0.4, 0.5) is 0 Å². The quantitative estimate of drug-likeness (QED) is 0.499. The topological polar surface area (TPSA) is 40.5 Å². The molecular formula is C11H16O2. The third kappa shape index (κ3) is 8.95. The zero-order chi connectivity index (χ0) is 9.94. The molecule has 0 rings (SSSR count). The predicted molar refractivity (Wildman–Crippen MR) is 52.8 cm³/mol. The van der Waals surface area contributed by atoms with Gasteiger partial charge >= 0.3 is 0 Å². The summed E-state index contributed by atoms with van der Waals surface area (Å²) < 4.78 is 0. The summed E-state index contributed by atoms with van der Waals surface area (Å²) in [4.78, 5) is 0. The summed E-state index contributed by atoms with van der Waals surface area (Å²) in [5.41, 5.74) is 0. The van der Waals surface area contributed by atoms with E-state index in [0.29, 0.717) is 6.42 Å². The lowest BCUT2D eigenvalue weighted by molar-refractivity contribution is 0.217. The van der Waals surface area contributed by atoms with Crippen LogP contribution in [0, 0.1) is 23.7 Å². The van der Waals surface area contributed by atoms with E-state index in [0.717, 1.165) is 19.3 Å². The molecule has 0 aliphatic carbocycles. The standard InChI is InChI=1S/C11H16O2/c1-2-3-5-8-11(13)9-6-4-7-10-12/h11-13H,2-3,5,8,10H2,1H3/t11-/m0/s1. The molecule has 2 N–H and O–H groups in total. The normalized spacial score (nSPS) is 10.7. The van der Waals surface area contributed by atoms with Crippen molar-refractivity contribution in [3.05, 3.63) is 0 Å². The van der Waals surface area contributed by atoms with Gasteiger partial charge in [-0.15, -0.1) is 0 Å². The minimum atomic E-state index is -0.570. The predicted octanol–water partition coefficient (Wildman–Crippen LogP) is 0.927. The monoisotopic (exact) mass is 180 g/mol. The molecule has 0 aromatic carbocycles. The van der Waals surface area contributed by atoms with Gasteiger partial charge < -0.3 is 10.2 Å². The minimum absolute atomic E-state index is 0.180. The average molecular weight is 180 g/mol. The van der Waals surface area contributed by atoms with E-state index in [1.54, 1.807) is 0 Å². The molecule has 0 radical (unpaired) electrons. The van der Waals surface area contributed by atoms with E-state index in [4.69, 9.17) is 5.11 Å². The van der Waals surface area contributed by atoms with Gasteiger partial charge in [-0.05, 0) is 24.7 Å². The highest BCUT2D eigenvalue weighted by molar-refractivity contribution is 5.27. The fraction of sp³-hybridized carbons (Fsp3) is 0.636. The second-order valence-electron chi connectivity index (χ2n) is 2.74. The molecule has 0 bridgehead atoms. The zero-order valence-electron chi connectivity index (χ0n) is 8.01. The highest BCUT2D eigenvalue weighted by Crippen LogP contribution is 2.01. The van der Waals surface area contributed by atoms with Crippen molar-refractivity contribution in [1.29, 1.82) is 0 Å². The summed E-state index contributed by atoms with van der Waals surface area (Å²) in [5, 5.41) is 17.6. The Balaban J connectivity index is 3.57. The average Bonchev–Trinajstić information content (AvgIpc) is 2.13. The van der Waals surface area contributed by atoms with Crippen LogP contribution in [0.5, 0.6) is 0 Å². The van der Waals surface area contributed by atoms with Crippen molar-refractivity contribution in [3.8, 4) is 23.7 Å². The Morgan fingerprint density at radius 3 is 2.62 bits per heavy atom. The maximum absolute atomic E-state index is 9.27.